The van der Waals surface area contributed by atoms with Crippen LogP contribution in [-0.4, -0.2) is 53.3 Å². The molecule has 0 heterocycles. The fraction of sp³-hybridized carbons (Fsp3) is 0.833. The van der Waals surface area contributed by atoms with Gasteiger partial charge in [0.05, 0.1) is 19.8 Å². The maximum atomic E-state index is 11.2. The van der Waals surface area contributed by atoms with E-state index in [1.165, 1.54) is 14.0 Å². The zero-order valence-corrected chi connectivity index (χ0v) is 11.7. The summed E-state index contributed by atoms with van der Waals surface area (Å²) in [6.07, 6.45) is 2.11. The highest BCUT2D eigenvalue weighted by molar-refractivity contribution is 7.99. The molecule has 0 aromatic heterocycles. The van der Waals surface area contributed by atoms with E-state index < -0.39 is 6.10 Å². The maximum absolute atomic E-state index is 11.2. The molecule has 0 radical (unpaired) electrons. The predicted molar refractivity (Wildman–Crippen MR) is 70.5 cm³/mol. The molecule has 2 atom stereocenters. The van der Waals surface area contributed by atoms with Gasteiger partial charge in [0.25, 0.3) is 0 Å². The molecule has 18 heavy (non-hydrogen) atoms. The Bertz CT molecular complexity index is 257. The molecule has 6 heteroatoms. The number of rotatable bonds is 5. The van der Waals surface area contributed by atoms with Crippen LogP contribution in [0.3, 0.4) is 0 Å². The number of ether oxygens (including phenoxy) is 1. The lowest BCUT2D eigenvalue weighted by molar-refractivity contribution is -0.137. The number of hydrogen-bond donors (Lipinski definition) is 2. The van der Waals surface area contributed by atoms with Crippen LogP contribution in [0, 0.1) is 5.92 Å². The highest BCUT2D eigenvalue weighted by Crippen LogP contribution is 2.24. The second-order valence-electron chi connectivity index (χ2n) is 4.13. The van der Waals surface area contributed by atoms with Gasteiger partial charge in [0.15, 0.2) is 0 Å². The van der Waals surface area contributed by atoms with Crippen molar-refractivity contribution >= 4 is 23.5 Å². The second-order valence-corrected chi connectivity index (χ2v) is 5.20. The van der Waals surface area contributed by atoms with E-state index >= 15 is 0 Å². The summed E-state index contributed by atoms with van der Waals surface area (Å²) in [5, 5.41) is 17.6. The SMILES string of the molecule is COC(C)=O.O=C1CCCC1CSCC(O)CO. The summed E-state index contributed by atoms with van der Waals surface area (Å²) in [6, 6.07) is 0. The third-order valence-corrected chi connectivity index (χ3v) is 3.82. The lowest BCUT2D eigenvalue weighted by Crippen LogP contribution is -2.17. The Hall–Kier alpha value is -0.590. The van der Waals surface area contributed by atoms with Crippen molar-refractivity contribution in [2.45, 2.75) is 32.3 Å². The number of esters is 1. The Balaban J connectivity index is 0.000000494. The van der Waals surface area contributed by atoms with E-state index in [-0.39, 0.29) is 18.5 Å². The molecular weight excluding hydrogens is 256 g/mol. The zero-order valence-electron chi connectivity index (χ0n) is 10.9. The smallest absolute Gasteiger partial charge is 0.302 e. The van der Waals surface area contributed by atoms with Gasteiger partial charge in [-0.15, -0.1) is 0 Å². The van der Waals surface area contributed by atoms with Crippen LogP contribution in [0.15, 0.2) is 0 Å². The number of aliphatic hydroxyl groups excluding tert-OH is 2. The number of Topliss-reactive ketones (excluding diaryl/α,β-unsaturated/α-hetero) is 1. The van der Waals surface area contributed by atoms with Crippen LogP contribution < -0.4 is 0 Å². The van der Waals surface area contributed by atoms with Gasteiger partial charge in [0, 0.05) is 30.8 Å². The summed E-state index contributed by atoms with van der Waals surface area (Å²) in [7, 11) is 1.35. The Kier molecular flexibility index (Phi) is 10.0. The molecule has 0 amide bonds. The molecular formula is C12H22O5S. The summed E-state index contributed by atoms with van der Waals surface area (Å²) in [5.41, 5.74) is 0. The normalized spacial score (nSPS) is 20.0. The minimum Gasteiger partial charge on any atom is -0.469 e. The fourth-order valence-electron chi connectivity index (χ4n) is 1.46. The summed E-state index contributed by atoms with van der Waals surface area (Å²) < 4.78 is 4.11. The van der Waals surface area contributed by atoms with E-state index in [2.05, 4.69) is 4.74 Å². The van der Waals surface area contributed by atoms with Crippen molar-refractivity contribution in [3.63, 3.8) is 0 Å². The van der Waals surface area contributed by atoms with E-state index in [1.54, 1.807) is 11.8 Å². The van der Waals surface area contributed by atoms with Crippen molar-refractivity contribution in [1.82, 2.24) is 0 Å². The van der Waals surface area contributed by atoms with Gasteiger partial charge >= 0.3 is 5.97 Å². The maximum Gasteiger partial charge on any atom is 0.302 e. The first-order chi connectivity index (χ1) is 8.51. The molecule has 0 aromatic carbocycles. The quantitative estimate of drug-likeness (QED) is 0.717. The highest BCUT2D eigenvalue weighted by Gasteiger charge is 2.23. The van der Waals surface area contributed by atoms with E-state index in [0.29, 0.717) is 11.5 Å². The molecule has 5 nitrogen and oxygen atoms in total. The summed E-state index contributed by atoms with van der Waals surface area (Å²) in [4.78, 5) is 20.8. The molecule has 0 saturated heterocycles. The molecule has 1 rings (SSSR count). The fourth-order valence-corrected chi connectivity index (χ4v) is 2.61. The molecule has 0 spiro atoms. The molecule has 106 valence electrons. The van der Waals surface area contributed by atoms with Gasteiger partial charge < -0.3 is 14.9 Å². The van der Waals surface area contributed by atoms with E-state index in [4.69, 9.17) is 10.2 Å². The molecule has 0 aromatic rings. The van der Waals surface area contributed by atoms with Crippen LogP contribution in [0.2, 0.25) is 0 Å². The van der Waals surface area contributed by atoms with E-state index in [9.17, 15) is 9.59 Å². The van der Waals surface area contributed by atoms with Gasteiger partial charge in [0.2, 0.25) is 0 Å². The second kappa shape index (κ2) is 10.3. The van der Waals surface area contributed by atoms with Crippen LogP contribution in [0.1, 0.15) is 26.2 Å². The van der Waals surface area contributed by atoms with Crippen LogP contribution in [-0.2, 0) is 14.3 Å². The molecule has 1 fully saturated rings. The van der Waals surface area contributed by atoms with Crippen molar-refractivity contribution < 1.29 is 24.5 Å². The number of carbonyl (C=O) groups is 2. The lowest BCUT2D eigenvalue weighted by atomic mass is 10.1. The van der Waals surface area contributed by atoms with Crippen molar-refractivity contribution in [2.75, 3.05) is 25.2 Å². The number of carbonyl (C=O) groups excluding carboxylic acids is 2. The number of hydrogen-bond acceptors (Lipinski definition) is 6. The summed E-state index contributed by atoms with van der Waals surface area (Å²) in [5.74, 6) is 1.66. The Labute approximate surface area is 112 Å². The van der Waals surface area contributed by atoms with Gasteiger partial charge in [-0.05, 0) is 12.8 Å². The first-order valence-corrected chi connectivity index (χ1v) is 7.10. The van der Waals surface area contributed by atoms with Crippen LogP contribution in [0.5, 0.6) is 0 Å². The van der Waals surface area contributed by atoms with Crippen LogP contribution in [0.4, 0.5) is 0 Å². The Morgan fingerprint density at radius 3 is 2.61 bits per heavy atom. The summed E-state index contributed by atoms with van der Waals surface area (Å²) >= 11 is 1.56. The van der Waals surface area contributed by atoms with Crippen molar-refractivity contribution in [3.8, 4) is 0 Å². The predicted octanol–water partition coefficient (Wildman–Crippen LogP) is 0.621. The van der Waals surface area contributed by atoms with Gasteiger partial charge in [-0.3, -0.25) is 9.59 Å². The molecule has 2 unspecified atom stereocenters. The number of ketones is 1. The monoisotopic (exact) mass is 278 g/mol. The van der Waals surface area contributed by atoms with Gasteiger partial charge in [-0.1, -0.05) is 0 Å². The third kappa shape index (κ3) is 8.49. The largest absolute Gasteiger partial charge is 0.469 e. The molecule has 2 N–H and O–H groups in total. The molecule has 1 aliphatic rings. The first kappa shape index (κ1) is 17.4. The molecule has 0 bridgehead atoms. The Morgan fingerprint density at radius 2 is 2.22 bits per heavy atom. The highest BCUT2D eigenvalue weighted by atomic mass is 32.2. The standard InChI is InChI=1S/C9H16O3S.C3H6O2/c10-4-8(11)6-13-5-7-2-1-3-9(7)12;1-3(4)5-2/h7-8,10-11H,1-6H2;1-2H3. The van der Waals surface area contributed by atoms with Crippen molar-refractivity contribution in [3.05, 3.63) is 0 Å². The van der Waals surface area contributed by atoms with Crippen LogP contribution in [0.25, 0.3) is 0 Å². The van der Waals surface area contributed by atoms with Crippen molar-refractivity contribution in [2.24, 2.45) is 5.92 Å². The average Bonchev–Trinajstić information content (AvgIpc) is 2.75. The number of methoxy groups -OCH3 is 1. The lowest BCUT2D eigenvalue weighted by Gasteiger charge is -2.09. The third-order valence-electron chi connectivity index (χ3n) is 2.56. The van der Waals surface area contributed by atoms with E-state index in [1.807, 2.05) is 0 Å². The molecule has 1 aliphatic carbocycles. The number of thioether (sulfide) groups is 1. The first-order valence-electron chi connectivity index (χ1n) is 5.95. The molecule has 1 saturated carbocycles. The van der Waals surface area contributed by atoms with Crippen molar-refractivity contribution in [1.29, 1.82) is 0 Å². The zero-order chi connectivity index (χ0) is 14.0. The summed E-state index contributed by atoms with van der Waals surface area (Å²) in [6.45, 7) is 1.17. The van der Waals surface area contributed by atoms with E-state index in [0.717, 1.165) is 25.0 Å². The van der Waals surface area contributed by atoms with Gasteiger partial charge in [0.1, 0.15) is 5.78 Å². The molecule has 0 aliphatic heterocycles. The number of aliphatic hydroxyl groups is 2. The van der Waals surface area contributed by atoms with Crippen LogP contribution >= 0.6 is 11.8 Å². The minimum absolute atomic E-state index is 0.189. The average molecular weight is 278 g/mol. The van der Waals surface area contributed by atoms with Gasteiger partial charge in [-0.25, -0.2) is 0 Å². The minimum atomic E-state index is -0.637. The Morgan fingerprint density at radius 1 is 1.61 bits per heavy atom. The van der Waals surface area contributed by atoms with Gasteiger partial charge in [-0.2, -0.15) is 11.8 Å². The topological polar surface area (TPSA) is 83.8 Å².